The van der Waals surface area contributed by atoms with Crippen molar-refractivity contribution in [2.24, 2.45) is 5.92 Å². The Morgan fingerprint density at radius 1 is 1.45 bits per heavy atom. The molecule has 0 aromatic carbocycles. The van der Waals surface area contributed by atoms with Crippen molar-refractivity contribution in [1.82, 2.24) is 0 Å². The number of methoxy groups -OCH3 is 1. The molecule has 1 unspecified atom stereocenters. The van der Waals surface area contributed by atoms with Gasteiger partial charge in [0.2, 0.25) is 0 Å². The maximum absolute atomic E-state index is 11.9. The molecule has 0 aliphatic carbocycles. The van der Waals surface area contributed by atoms with Crippen LogP contribution in [0.1, 0.15) is 18.9 Å². The molecule has 0 saturated carbocycles. The summed E-state index contributed by atoms with van der Waals surface area (Å²) in [6.45, 7) is 2.28. The van der Waals surface area contributed by atoms with Crippen LogP contribution in [0, 0.1) is 5.92 Å². The molecule has 0 amide bonds. The van der Waals surface area contributed by atoms with Crippen molar-refractivity contribution in [2.75, 3.05) is 20.3 Å². The molecule has 2 heterocycles. The zero-order chi connectivity index (χ0) is 14.5. The van der Waals surface area contributed by atoms with Crippen LogP contribution in [0.15, 0.2) is 28.6 Å². The third-order valence-corrected chi connectivity index (χ3v) is 2.99. The van der Waals surface area contributed by atoms with Crippen molar-refractivity contribution in [3.63, 3.8) is 0 Å². The second kappa shape index (κ2) is 6.27. The van der Waals surface area contributed by atoms with Gasteiger partial charge in [-0.2, -0.15) is 0 Å². The summed E-state index contributed by atoms with van der Waals surface area (Å²) in [5, 5.41) is 0. The van der Waals surface area contributed by atoms with Gasteiger partial charge < -0.3 is 18.6 Å². The SMILES string of the molecule is CCOC(=O)CC1COC(c2ccoc2)=C1C(=O)OC. The smallest absolute Gasteiger partial charge is 0.337 e. The van der Waals surface area contributed by atoms with Crippen molar-refractivity contribution < 1.29 is 28.2 Å². The summed E-state index contributed by atoms with van der Waals surface area (Å²) in [6.07, 6.45) is 3.05. The molecule has 0 bridgehead atoms. The first kappa shape index (κ1) is 14.2. The maximum atomic E-state index is 11.9. The van der Waals surface area contributed by atoms with Crippen LogP contribution in [0.3, 0.4) is 0 Å². The van der Waals surface area contributed by atoms with E-state index in [2.05, 4.69) is 0 Å². The molecular weight excluding hydrogens is 264 g/mol. The first-order valence-corrected chi connectivity index (χ1v) is 6.30. The molecule has 1 aromatic heterocycles. The lowest BCUT2D eigenvalue weighted by Crippen LogP contribution is -2.19. The van der Waals surface area contributed by atoms with Gasteiger partial charge in [-0.15, -0.1) is 0 Å². The number of hydrogen-bond acceptors (Lipinski definition) is 6. The molecular formula is C14H16O6. The fourth-order valence-electron chi connectivity index (χ4n) is 2.11. The quantitative estimate of drug-likeness (QED) is 0.765. The maximum Gasteiger partial charge on any atom is 0.337 e. The number of furan rings is 1. The van der Waals surface area contributed by atoms with E-state index in [4.69, 9.17) is 18.6 Å². The highest BCUT2D eigenvalue weighted by Gasteiger charge is 2.36. The van der Waals surface area contributed by atoms with Gasteiger partial charge >= 0.3 is 11.9 Å². The highest BCUT2D eigenvalue weighted by atomic mass is 16.5. The minimum absolute atomic E-state index is 0.0830. The lowest BCUT2D eigenvalue weighted by molar-refractivity contribution is -0.144. The molecule has 0 spiro atoms. The number of hydrogen-bond donors (Lipinski definition) is 0. The van der Waals surface area contributed by atoms with E-state index in [1.165, 1.54) is 19.6 Å². The number of carbonyl (C=O) groups excluding carboxylic acids is 2. The average Bonchev–Trinajstić information content (AvgIpc) is 3.06. The third kappa shape index (κ3) is 2.84. The highest BCUT2D eigenvalue weighted by Crippen LogP contribution is 2.35. The molecule has 6 nitrogen and oxygen atoms in total. The summed E-state index contributed by atoms with van der Waals surface area (Å²) in [5.74, 6) is -0.838. The molecule has 0 radical (unpaired) electrons. The molecule has 1 aromatic rings. The molecule has 0 N–H and O–H groups in total. The number of rotatable bonds is 5. The zero-order valence-electron chi connectivity index (χ0n) is 11.4. The van der Waals surface area contributed by atoms with Gasteiger partial charge in [-0.3, -0.25) is 4.79 Å². The van der Waals surface area contributed by atoms with Crippen molar-refractivity contribution >= 4 is 17.7 Å². The second-order valence-electron chi connectivity index (χ2n) is 4.26. The predicted octanol–water partition coefficient (Wildman–Crippen LogP) is 1.76. The number of carbonyl (C=O) groups is 2. The van der Waals surface area contributed by atoms with Crippen molar-refractivity contribution in [3.8, 4) is 0 Å². The fraction of sp³-hybridized carbons (Fsp3) is 0.429. The van der Waals surface area contributed by atoms with Crippen LogP contribution < -0.4 is 0 Å². The van der Waals surface area contributed by atoms with Gasteiger partial charge in [-0.05, 0) is 13.0 Å². The van der Waals surface area contributed by atoms with Gasteiger partial charge in [0, 0.05) is 5.92 Å². The average molecular weight is 280 g/mol. The third-order valence-electron chi connectivity index (χ3n) is 2.99. The van der Waals surface area contributed by atoms with E-state index in [-0.39, 0.29) is 24.9 Å². The first-order chi connectivity index (χ1) is 9.67. The Kier molecular flexibility index (Phi) is 4.45. The Morgan fingerprint density at radius 3 is 2.85 bits per heavy atom. The van der Waals surface area contributed by atoms with Gasteiger partial charge in [-0.1, -0.05) is 0 Å². The minimum atomic E-state index is -0.506. The fourth-order valence-corrected chi connectivity index (χ4v) is 2.11. The predicted molar refractivity (Wildman–Crippen MR) is 68.3 cm³/mol. The summed E-state index contributed by atoms with van der Waals surface area (Å²) in [7, 11) is 1.29. The Labute approximate surface area is 116 Å². The summed E-state index contributed by atoms with van der Waals surface area (Å²) < 4.78 is 20.2. The van der Waals surface area contributed by atoms with Crippen molar-refractivity contribution in [2.45, 2.75) is 13.3 Å². The lowest BCUT2D eigenvalue weighted by atomic mass is 9.96. The van der Waals surface area contributed by atoms with Crippen LogP contribution in [0.4, 0.5) is 0 Å². The van der Waals surface area contributed by atoms with Gasteiger partial charge in [0.25, 0.3) is 0 Å². The molecule has 0 saturated heterocycles. The van der Waals surface area contributed by atoms with E-state index in [9.17, 15) is 9.59 Å². The van der Waals surface area contributed by atoms with Crippen molar-refractivity contribution in [3.05, 3.63) is 29.7 Å². The summed E-state index contributed by atoms with van der Waals surface area (Å²) in [5.41, 5.74) is 0.999. The summed E-state index contributed by atoms with van der Waals surface area (Å²) >= 11 is 0. The van der Waals surface area contributed by atoms with Gasteiger partial charge in [0.05, 0.1) is 44.1 Å². The van der Waals surface area contributed by atoms with Crippen molar-refractivity contribution in [1.29, 1.82) is 0 Å². The van der Waals surface area contributed by atoms with E-state index < -0.39 is 5.97 Å². The molecule has 6 heteroatoms. The van der Waals surface area contributed by atoms with Crippen LogP contribution in [0.25, 0.3) is 5.76 Å². The topological polar surface area (TPSA) is 75.0 Å². The minimum Gasteiger partial charge on any atom is -0.492 e. The number of ether oxygens (including phenoxy) is 3. The molecule has 2 rings (SSSR count). The van der Waals surface area contributed by atoms with Crippen LogP contribution in [0.5, 0.6) is 0 Å². The molecule has 1 aliphatic rings. The van der Waals surface area contributed by atoms with Gasteiger partial charge in [0.1, 0.15) is 12.0 Å². The Morgan fingerprint density at radius 2 is 2.25 bits per heavy atom. The van der Waals surface area contributed by atoms with E-state index in [1.54, 1.807) is 13.0 Å². The van der Waals surface area contributed by atoms with Crippen LogP contribution in [0.2, 0.25) is 0 Å². The Hall–Kier alpha value is -2.24. The largest absolute Gasteiger partial charge is 0.492 e. The van der Waals surface area contributed by atoms with E-state index in [0.717, 1.165) is 0 Å². The summed E-state index contributed by atoms with van der Waals surface area (Å²) in [4.78, 5) is 23.5. The first-order valence-electron chi connectivity index (χ1n) is 6.30. The van der Waals surface area contributed by atoms with Gasteiger partial charge in [-0.25, -0.2) is 4.79 Å². The van der Waals surface area contributed by atoms with E-state index in [0.29, 0.717) is 23.5 Å². The molecule has 20 heavy (non-hydrogen) atoms. The molecule has 0 fully saturated rings. The molecule has 108 valence electrons. The lowest BCUT2D eigenvalue weighted by Gasteiger charge is -2.10. The van der Waals surface area contributed by atoms with Crippen LogP contribution >= 0.6 is 0 Å². The highest BCUT2D eigenvalue weighted by molar-refractivity contribution is 5.98. The van der Waals surface area contributed by atoms with Crippen LogP contribution in [-0.4, -0.2) is 32.3 Å². The molecule has 1 atom stereocenters. The normalized spacial score (nSPS) is 17.8. The number of esters is 2. The Balaban J connectivity index is 2.26. The Bertz CT molecular complexity index is 514. The van der Waals surface area contributed by atoms with E-state index >= 15 is 0 Å². The van der Waals surface area contributed by atoms with Crippen LogP contribution in [-0.2, 0) is 23.8 Å². The monoisotopic (exact) mass is 280 g/mol. The summed E-state index contributed by atoms with van der Waals surface area (Å²) in [6, 6.07) is 1.69. The second-order valence-corrected chi connectivity index (χ2v) is 4.26. The zero-order valence-corrected chi connectivity index (χ0v) is 11.4. The standard InChI is InChI=1S/C14H16O6/c1-3-19-11(15)6-10-8-20-13(9-4-5-18-7-9)12(10)14(16)17-2/h4-5,7,10H,3,6,8H2,1-2H3. The molecule has 1 aliphatic heterocycles. The van der Waals surface area contributed by atoms with Gasteiger partial charge in [0.15, 0.2) is 0 Å². The van der Waals surface area contributed by atoms with E-state index in [1.807, 2.05) is 0 Å².